The maximum absolute atomic E-state index is 10.8. The van der Waals surface area contributed by atoms with Gasteiger partial charge in [0.2, 0.25) is 0 Å². The number of aliphatic hydroxyl groups is 2. The molecule has 2 fully saturated rings. The van der Waals surface area contributed by atoms with Gasteiger partial charge >= 0.3 is 0 Å². The highest BCUT2D eigenvalue weighted by atomic mass is 16.3. The summed E-state index contributed by atoms with van der Waals surface area (Å²) < 4.78 is 0. The Morgan fingerprint density at radius 3 is 2.43 bits per heavy atom. The Hall–Kier alpha value is -0.0800. The van der Waals surface area contributed by atoms with E-state index in [4.69, 9.17) is 0 Å². The Kier molecular flexibility index (Phi) is 5.10. The lowest BCUT2D eigenvalue weighted by molar-refractivity contribution is -0.154. The van der Waals surface area contributed by atoms with E-state index < -0.39 is 5.60 Å². The average molecular weight is 296 g/mol. The van der Waals surface area contributed by atoms with Crippen LogP contribution in [0.15, 0.2) is 0 Å². The first kappa shape index (κ1) is 17.3. The Balaban J connectivity index is 2.26. The van der Waals surface area contributed by atoms with Crippen molar-refractivity contribution in [2.45, 2.75) is 91.3 Å². The lowest BCUT2D eigenvalue weighted by Crippen LogP contribution is -2.55. The molecule has 0 saturated heterocycles. The largest absolute Gasteiger partial charge is 0.393 e. The standard InChI is InChI=1S/C19H36O2/c1-6-8-13(3)17-15(7-2)19(5)10-9-18(4,21)12-14(19)11-16(17)20/h13-17,20-21H,6-12H2,1-5H3/t13-,14-,15-,16+,17-,18+,19-/m0/s1. The smallest absolute Gasteiger partial charge is 0.0622 e. The second-order valence-corrected chi connectivity index (χ2v) is 8.56. The van der Waals surface area contributed by atoms with Crippen LogP contribution in [0.1, 0.15) is 79.6 Å². The normalized spacial score (nSPS) is 48.7. The van der Waals surface area contributed by atoms with Gasteiger partial charge < -0.3 is 10.2 Å². The van der Waals surface area contributed by atoms with Gasteiger partial charge in [-0.3, -0.25) is 0 Å². The molecule has 2 heteroatoms. The van der Waals surface area contributed by atoms with Crippen molar-refractivity contribution >= 4 is 0 Å². The van der Waals surface area contributed by atoms with Gasteiger partial charge in [0.15, 0.2) is 0 Å². The van der Waals surface area contributed by atoms with Gasteiger partial charge in [-0.1, -0.05) is 47.0 Å². The zero-order valence-corrected chi connectivity index (χ0v) is 14.7. The summed E-state index contributed by atoms with van der Waals surface area (Å²) in [6.07, 6.45) is 7.20. The molecule has 0 aromatic heterocycles. The molecule has 0 aromatic carbocycles. The van der Waals surface area contributed by atoms with E-state index >= 15 is 0 Å². The quantitative estimate of drug-likeness (QED) is 0.808. The zero-order valence-electron chi connectivity index (χ0n) is 14.7. The molecule has 2 rings (SSSR count). The third-order valence-electron chi connectivity index (χ3n) is 6.94. The first-order valence-electron chi connectivity index (χ1n) is 9.15. The van der Waals surface area contributed by atoms with E-state index in [-0.39, 0.29) is 6.10 Å². The summed E-state index contributed by atoms with van der Waals surface area (Å²) in [6.45, 7) is 11.3. The minimum Gasteiger partial charge on any atom is -0.393 e. The fourth-order valence-corrected chi connectivity index (χ4v) is 5.77. The predicted molar refractivity (Wildman–Crippen MR) is 88.0 cm³/mol. The molecule has 124 valence electrons. The zero-order chi connectivity index (χ0) is 15.8. The van der Waals surface area contributed by atoms with Gasteiger partial charge in [-0.2, -0.15) is 0 Å². The molecule has 21 heavy (non-hydrogen) atoms. The molecule has 0 aliphatic heterocycles. The number of fused-ring (bicyclic) bond motifs is 1. The van der Waals surface area contributed by atoms with Crippen molar-refractivity contribution in [3.05, 3.63) is 0 Å². The Morgan fingerprint density at radius 2 is 1.86 bits per heavy atom. The molecule has 2 saturated carbocycles. The maximum atomic E-state index is 10.8. The lowest BCUT2D eigenvalue weighted by atomic mass is 9.48. The average Bonchev–Trinajstić information content (AvgIpc) is 2.39. The third kappa shape index (κ3) is 3.17. The maximum Gasteiger partial charge on any atom is 0.0622 e. The molecule has 2 aliphatic carbocycles. The second kappa shape index (κ2) is 6.20. The molecule has 2 nitrogen and oxygen atoms in total. The third-order valence-corrected chi connectivity index (χ3v) is 6.94. The van der Waals surface area contributed by atoms with E-state index in [1.165, 1.54) is 12.8 Å². The molecular weight excluding hydrogens is 260 g/mol. The predicted octanol–water partition coefficient (Wildman–Crippen LogP) is 4.39. The number of hydrogen-bond donors (Lipinski definition) is 2. The van der Waals surface area contributed by atoms with E-state index in [1.54, 1.807) is 0 Å². The summed E-state index contributed by atoms with van der Waals surface area (Å²) in [5.41, 5.74) is -0.215. The summed E-state index contributed by atoms with van der Waals surface area (Å²) >= 11 is 0. The molecular formula is C19H36O2. The Bertz CT molecular complexity index is 351. The van der Waals surface area contributed by atoms with E-state index in [2.05, 4.69) is 27.7 Å². The molecule has 0 radical (unpaired) electrons. The minimum atomic E-state index is -0.524. The highest BCUT2D eigenvalue weighted by molar-refractivity contribution is 5.05. The summed E-state index contributed by atoms with van der Waals surface area (Å²) in [6, 6.07) is 0. The van der Waals surface area contributed by atoms with Gasteiger partial charge in [-0.05, 0) is 61.7 Å². The van der Waals surface area contributed by atoms with Crippen molar-refractivity contribution < 1.29 is 10.2 Å². The molecule has 0 bridgehead atoms. The van der Waals surface area contributed by atoms with Gasteiger partial charge in [0.25, 0.3) is 0 Å². The van der Waals surface area contributed by atoms with Crippen molar-refractivity contribution in [3.8, 4) is 0 Å². The van der Waals surface area contributed by atoms with E-state index in [1.807, 2.05) is 6.92 Å². The van der Waals surface area contributed by atoms with Gasteiger partial charge in [-0.15, -0.1) is 0 Å². The van der Waals surface area contributed by atoms with Crippen LogP contribution >= 0.6 is 0 Å². The van der Waals surface area contributed by atoms with Crippen LogP contribution < -0.4 is 0 Å². The molecule has 0 heterocycles. The summed E-state index contributed by atoms with van der Waals surface area (Å²) in [5.74, 6) is 2.13. The van der Waals surface area contributed by atoms with Crippen molar-refractivity contribution in [2.24, 2.45) is 29.1 Å². The highest BCUT2D eigenvalue weighted by Crippen LogP contribution is 2.59. The van der Waals surface area contributed by atoms with Crippen LogP contribution in [-0.4, -0.2) is 21.9 Å². The topological polar surface area (TPSA) is 40.5 Å². The van der Waals surface area contributed by atoms with Gasteiger partial charge in [0.05, 0.1) is 11.7 Å². The number of rotatable bonds is 4. The molecule has 2 aliphatic rings. The second-order valence-electron chi connectivity index (χ2n) is 8.56. The van der Waals surface area contributed by atoms with Gasteiger partial charge in [0, 0.05) is 0 Å². The minimum absolute atomic E-state index is 0.177. The lowest BCUT2D eigenvalue weighted by Gasteiger charge is -2.59. The first-order chi connectivity index (χ1) is 9.75. The Morgan fingerprint density at radius 1 is 1.19 bits per heavy atom. The molecule has 0 amide bonds. The van der Waals surface area contributed by atoms with E-state index in [9.17, 15) is 10.2 Å². The summed E-state index contributed by atoms with van der Waals surface area (Å²) in [4.78, 5) is 0. The van der Waals surface area contributed by atoms with Crippen LogP contribution in [0.5, 0.6) is 0 Å². The van der Waals surface area contributed by atoms with Crippen molar-refractivity contribution in [3.63, 3.8) is 0 Å². The summed E-state index contributed by atoms with van der Waals surface area (Å²) in [7, 11) is 0. The highest BCUT2D eigenvalue weighted by Gasteiger charge is 2.55. The van der Waals surface area contributed by atoms with Crippen molar-refractivity contribution in [2.75, 3.05) is 0 Å². The molecule has 0 unspecified atom stereocenters. The van der Waals surface area contributed by atoms with Gasteiger partial charge in [0.1, 0.15) is 0 Å². The van der Waals surface area contributed by atoms with Crippen molar-refractivity contribution in [1.82, 2.24) is 0 Å². The molecule has 2 N–H and O–H groups in total. The van der Waals surface area contributed by atoms with E-state index in [0.717, 1.165) is 32.1 Å². The fourth-order valence-electron chi connectivity index (χ4n) is 5.77. The summed E-state index contributed by atoms with van der Waals surface area (Å²) in [5, 5.41) is 21.3. The first-order valence-corrected chi connectivity index (χ1v) is 9.15. The van der Waals surface area contributed by atoms with Crippen LogP contribution in [-0.2, 0) is 0 Å². The van der Waals surface area contributed by atoms with Crippen LogP contribution in [0.25, 0.3) is 0 Å². The van der Waals surface area contributed by atoms with Crippen LogP contribution in [0.4, 0.5) is 0 Å². The number of aliphatic hydroxyl groups excluding tert-OH is 1. The van der Waals surface area contributed by atoms with Gasteiger partial charge in [-0.25, -0.2) is 0 Å². The van der Waals surface area contributed by atoms with Crippen molar-refractivity contribution in [1.29, 1.82) is 0 Å². The van der Waals surface area contributed by atoms with Crippen LogP contribution in [0, 0.1) is 29.1 Å². The fraction of sp³-hybridized carbons (Fsp3) is 1.00. The van der Waals surface area contributed by atoms with E-state index in [0.29, 0.717) is 29.1 Å². The Labute approximate surface area is 131 Å². The number of hydrogen-bond acceptors (Lipinski definition) is 2. The molecule has 0 aromatic rings. The monoisotopic (exact) mass is 296 g/mol. The molecule has 7 atom stereocenters. The SMILES string of the molecule is CCC[C@H](C)[C@@H]1[C@H](O)C[C@H]2C[C@](C)(O)CC[C@]2(C)[C@H]1CC. The molecule has 0 spiro atoms. The van der Waals surface area contributed by atoms with Crippen LogP contribution in [0.2, 0.25) is 0 Å². The van der Waals surface area contributed by atoms with Crippen LogP contribution in [0.3, 0.4) is 0 Å².